The van der Waals surface area contributed by atoms with Gasteiger partial charge in [-0.3, -0.25) is 9.69 Å². The molecule has 35 heavy (non-hydrogen) atoms. The van der Waals surface area contributed by atoms with Gasteiger partial charge in [0.25, 0.3) is 0 Å². The molecule has 1 spiro atoms. The minimum atomic E-state index is -0.284. The first-order valence-corrected chi connectivity index (χ1v) is 11.8. The van der Waals surface area contributed by atoms with E-state index in [1.807, 2.05) is 18.2 Å². The Morgan fingerprint density at radius 3 is 2.54 bits per heavy atom. The fourth-order valence-electron chi connectivity index (χ4n) is 4.94. The molecule has 1 aromatic heterocycles. The number of ether oxygens (including phenoxy) is 3. The van der Waals surface area contributed by atoms with Gasteiger partial charge in [0, 0.05) is 30.6 Å². The number of amides is 1. The summed E-state index contributed by atoms with van der Waals surface area (Å²) in [6, 6.07) is 13.6. The summed E-state index contributed by atoms with van der Waals surface area (Å²) in [6.07, 6.45) is -0.0543. The van der Waals surface area contributed by atoms with Gasteiger partial charge < -0.3 is 23.5 Å². The highest BCUT2D eigenvalue weighted by molar-refractivity contribution is 5.90. The van der Waals surface area contributed by atoms with Crippen molar-refractivity contribution >= 4 is 5.91 Å². The quantitative estimate of drug-likeness (QED) is 0.514. The zero-order chi connectivity index (χ0) is 24.0. The number of likely N-dealkylation sites (tertiary alicyclic amines) is 2. The summed E-state index contributed by atoms with van der Waals surface area (Å²) in [5.74, 6) is 1.59. The number of aromatic nitrogens is 2. The van der Waals surface area contributed by atoms with E-state index in [-0.39, 0.29) is 17.9 Å². The van der Waals surface area contributed by atoms with E-state index >= 15 is 0 Å². The summed E-state index contributed by atoms with van der Waals surface area (Å²) >= 11 is 0. The van der Waals surface area contributed by atoms with E-state index in [1.165, 1.54) is 5.56 Å². The molecule has 3 aromatic rings. The fourth-order valence-corrected chi connectivity index (χ4v) is 4.94. The van der Waals surface area contributed by atoms with Crippen LogP contribution in [0.15, 0.2) is 46.9 Å². The fraction of sp³-hybridized carbons (Fsp3) is 0.423. The van der Waals surface area contributed by atoms with Crippen molar-refractivity contribution in [3.63, 3.8) is 0 Å². The molecule has 182 valence electrons. The maximum Gasteiger partial charge on any atom is 0.311 e. The lowest BCUT2D eigenvalue weighted by atomic mass is 9.78. The second kappa shape index (κ2) is 8.66. The van der Waals surface area contributed by atoms with Gasteiger partial charge in [-0.25, -0.2) is 0 Å². The zero-order valence-corrected chi connectivity index (χ0v) is 19.9. The number of hydrogen-bond acceptors (Lipinski definition) is 8. The Bertz CT molecular complexity index is 1220. The lowest BCUT2D eigenvalue weighted by molar-refractivity contribution is -0.191. The highest BCUT2D eigenvalue weighted by Crippen LogP contribution is 2.38. The van der Waals surface area contributed by atoms with E-state index in [1.54, 1.807) is 24.1 Å². The molecule has 3 aliphatic rings. The predicted octanol–water partition coefficient (Wildman–Crippen LogP) is 2.79. The van der Waals surface area contributed by atoms with Crippen molar-refractivity contribution in [2.45, 2.75) is 19.6 Å². The Balaban J connectivity index is 1.00. The van der Waals surface area contributed by atoms with Crippen LogP contribution in [-0.2, 0) is 11.3 Å². The second-order valence-electron chi connectivity index (χ2n) is 9.83. The van der Waals surface area contributed by atoms with Gasteiger partial charge in [0.15, 0.2) is 0 Å². The van der Waals surface area contributed by atoms with Crippen molar-refractivity contribution in [2.75, 3.05) is 46.5 Å². The SMILES string of the molecule is COc1ccc(-c2nnc(C(=O)N3CC(Oc4ccc(CN5CC6(COC6)C5)cc4C)C3)o2)cc1. The minimum Gasteiger partial charge on any atom is -0.497 e. The maximum absolute atomic E-state index is 12.7. The zero-order valence-electron chi connectivity index (χ0n) is 19.9. The number of hydrogen-bond donors (Lipinski definition) is 0. The standard InChI is InChI=1S/C26H28N4O5/c1-17-9-18(10-29-13-26(14-29)15-33-16-26)3-8-22(17)34-21-11-30(12-21)25(31)24-28-27-23(35-24)19-4-6-20(32-2)7-5-19/h3-9,21H,10-16H2,1-2H3. The summed E-state index contributed by atoms with van der Waals surface area (Å²) in [4.78, 5) is 16.9. The van der Waals surface area contributed by atoms with Gasteiger partial charge in [-0.1, -0.05) is 12.1 Å². The predicted molar refractivity (Wildman–Crippen MR) is 126 cm³/mol. The van der Waals surface area contributed by atoms with Gasteiger partial charge in [-0.2, -0.15) is 0 Å². The molecule has 0 bridgehead atoms. The third-order valence-electron chi connectivity index (χ3n) is 6.95. The average Bonchev–Trinajstić information content (AvgIpc) is 3.28. The molecule has 0 radical (unpaired) electrons. The normalized spacial score (nSPS) is 19.1. The Labute approximate surface area is 203 Å². The molecule has 9 heteroatoms. The van der Waals surface area contributed by atoms with Crippen LogP contribution in [0, 0.1) is 12.3 Å². The van der Waals surface area contributed by atoms with Crippen LogP contribution in [0.3, 0.4) is 0 Å². The topological polar surface area (TPSA) is 90.2 Å². The highest BCUT2D eigenvalue weighted by atomic mass is 16.5. The van der Waals surface area contributed by atoms with Gasteiger partial charge >= 0.3 is 11.8 Å². The molecule has 1 amide bonds. The van der Waals surface area contributed by atoms with E-state index in [9.17, 15) is 4.79 Å². The Morgan fingerprint density at radius 1 is 1.11 bits per heavy atom. The molecule has 0 N–H and O–H groups in total. The summed E-state index contributed by atoms with van der Waals surface area (Å²) in [6.45, 7) is 8.06. The van der Waals surface area contributed by atoms with Gasteiger partial charge in [0.1, 0.15) is 17.6 Å². The first-order chi connectivity index (χ1) is 17.0. The molecule has 9 nitrogen and oxygen atoms in total. The van der Waals surface area contributed by atoms with Gasteiger partial charge in [-0.15, -0.1) is 10.2 Å². The molecule has 3 fully saturated rings. The number of benzene rings is 2. The average molecular weight is 477 g/mol. The van der Waals surface area contributed by atoms with Crippen LogP contribution < -0.4 is 9.47 Å². The first-order valence-electron chi connectivity index (χ1n) is 11.8. The number of carbonyl (C=O) groups excluding carboxylic acids is 1. The lowest BCUT2D eigenvalue weighted by Gasteiger charge is -2.55. The summed E-state index contributed by atoms with van der Waals surface area (Å²) in [7, 11) is 1.60. The van der Waals surface area contributed by atoms with Crippen LogP contribution >= 0.6 is 0 Å². The van der Waals surface area contributed by atoms with Crippen LogP contribution in [0.2, 0.25) is 0 Å². The smallest absolute Gasteiger partial charge is 0.311 e. The third-order valence-corrected chi connectivity index (χ3v) is 6.95. The summed E-state index contributed by atoms with van der Waals surface area (Å²) in [5, 5.41) is 7.94. The van der Waals surface area contributed by atoms with E-state index in [4.69, 9.17) is 18.6 Å². The Hall–Kier alpha value is -3.43. The summed E-state index contributed by atoms with van der Waals surface area (Å²) < 4.78 is 22.3. The molecule has 0 saturated carbocycles. The van der Waals surface area contributed by atoms with Crippen molar-refractivity contribution in [1.82, 2.24) is 20.0 Å². The molecular weight excluding hydrogens is 448 g/mol. The maximum atomic E-state index is 12.7. The molecule has 0 unspecified atom stereocenters. The van der Waals surface area contributed by atoms with Crippen molar-refractivity contribution in [1.29, 1.82) is 0 Å². The number of aryl methyl sites for hydroxylation is 1. The van der Waals surface area contributed by atoms with Gasteiger partial charge in [0.2, 0.25) is 5.89 Å². The lowest BCUT2D eigenvalue weighted by Crippen LogP contribution is -2.65. The van der Waals surface area contributed by atoms with Crippen LogP contribution in [0.4, 0.5) is 0 Å². The van der Waals surface area contributed by atoms with Crippen molar-refractivity contribution in [3.8, 4) is 23.0 Å². The molecule has 3 saturated heterocycles. The third kappa shape index (κ3) is 4.26. The van der Waals surface area contributed by atoms with E-state index < -0.39 is 0 Å². The van der Waals surface area contributed by atoms with E-state index in [2.05, 4.69) is 34.2 Å². The first kappa shape index (κ1) is 22.1. The Morgan fingerprint density at radius 2 is 1.89 bits per heavy atom. The molecule has 0 aliphatic carbocycles. The summed E-state index contributed by atoms with van der Waals surface area (Å²) in [5.41, 5.74) is 3.56. The van der Waals surface area contributed by atoms with Crippen LogP contribution in [-0.4, -0.2) is 78.5 Å². The van der Waals surface area contributed by atoms with E-state index in [0.717, 1.165) is 55.5 Å². The van der Waals surface area contributed by atoms with Crippen molar-refractivity contribution in [2.24, 2.45) is 5.41 Å². The van der Waals surface area contributed by atoms with Gasteiger partial charge in [0.05, 0.1) is 33.4 Å². The van der Waals surface area contributed by atoms with Gasteiger partial charge in [-0.05, 0) is 48.4 Å². The van der Waals surface area contributed by atoms with Crippen molar-refractivity contribution in [3.05, 3.63) is 59.5 Å². The molecule has 3 aliphatic heterocycles. The van der Waals surface area contributed by atoms with Crippen molar-refractivity contribution < 1.29 is 23.4 Å². The highest BCUT2D eigenvalue weighted by Gasteiger charge is 2.48. The second-order valence-corrected chi connectivity index (χ2v) is 9.83. The van der Waals surface area contributed by atoms with E-state index in [0.29, 0.717) is 24.4 Å². The van der Waals surface area contributed by atoms with Crippen LogP contribution in [0.25, 0.3) is 11.5 Å². The monoisotopic (exact) mass is 476 g/mol. The van der Waals surface area contributed by atoms with Crippen LogP contribution in [0.1, 0.15) is 21.8 Å². The van der Waals surface area contributed by atoms with Crippen LogP contribution in [0.5, 0.6) is 11.5 Å². The molecule has 6 rings (SSSR count). The number of rotatable bonds is 7. The number of carbonyl (C=O) groups is 1. The molecule has 2 aromatic carbocycles. The number of methoxy groups -OCH3 is 1. The molecule has 0 atom stereocenters. The number of nitrogens with zero attached hydrogens (tertiary/aromatic N) is 4. The largest absolute Gasteiger partial charge is 0.497 e. The Kier molecular flexibility index (Phi) is 5.46. The minimum absolute atomic E-state index is 0.0176. The molecule has 4 heterocycles. The molecular formula is C26H28N4O5.